The van der Waals surface area contributed by atoms with E-state index in [1.165, 1.54) is 7.11 Å². The number of methoxy groups -OCH3 is 1. The fraction of sp³-hybridized carbons (Fsp3) is 0.182. The van der Waals surface area contributed by atoms with Crippen molar-refractivity contribution in [2.24, 2.45) is 0 Å². The monoisotopic (exact) mass is 364 g/mol. The third-order valence-electron chi connectivity index (χ3n) is 4.21. The molecule has 0 aromatic heterocycles. The van der Waals surface area contributed by atoms with Crippen LogP contribution in [-0.4, -0.2) is 24.8 Å². The number of rotatable bonds is 5. The highest BCUT2D eigenvalue weighted by Crippen LogP contribution is 2.28. The van der Waals surface area contributed by atoms with Crippen LogP contribution in [0.2, 0.25) is 0 Å². The van der Waals surface area contributed by atoms with E-state index in [0.717, 1.165) is 5.56 Å². The number of benzene rings is 2. The zero-order chi connectivity index (χ0) is 19.3. The highest BCUT2D eigenvalue weighted by atomic mass is 16.7. The normalized spacial score (nSPS) is 18.5. The second-order valence-corrected chi connectivity index (χ2v) is 6.17. The summed E-state index contributed by atoms with van der Waals surface area (Å²) in [4.78, 5) is 24.5. The molecule has 0 radical (unpaired) electrons. The highest BCUT2D eigenvalue weighted by molar-refractivity contribution is 5.90. The number of hydrogen-bond donors (Lipinski definition) is 0. The van der Waals surface area contributed by atoms with Crippen molar-refractivity contribution in [3.8, 4) is 0 Å². The first kappa shape index (κ1) is 18.6. The standard InChI is InChI=1S/C22H20O5/c1-16-8-10-18(11-9-16)21(24)27-22(25-2)14-12-19(13-15-22)26-20(23)17-6-4-3-5-7-17/h3-14H,15H2,1-2H3. The van der Waals surface area contributed by atoms with Crippen molar-refractivity contribution in [1.29, 1.82) is 0 Å². The van der Waals surface area contributed by atoms with Crippen molar-refractivity contribution in [3.05, 3.63) is 95.3 Å². The lowest BCUT2D eigenvalue weighted by molar-refractivity contribution is -0.150. The van der Waals surface area contributed by atoms with Gasteiger partial charge in [-0.25, -0.2) is 9.59 Å². The zero-order valence-corrected chi connectivity index (χ0v) is 15.2. The number of allylic oxidation sites excluding steroid dienone is 1. The molecular weight excluding hydrogens is 344 g/mol. The lowest BCUT2D eigenvalue weighted by atomic mass is 10.1. The second kappa shape index (κ2) is 8.01. The minimum atomic E-state index is -1.23. The molecule has 27 heavy (non-hydrogen) atoms. The Balaban J connectivity index is 1.65. The van der Waals surface area contributed by atoms with Crippen LogP contribution in [0.5, 0.6) is 0 Å². The number of carbonyl (C=O) groups is 2. The summed E-state index contributed by atoms with van der Waals surface area (Å²) in [6.45, 7) is 1.94. The van der Waals surface area contributed by atoms with E-state index in [2.05, 4.69) is 0 Å². The van der Waals surface area contributed by atoms with Gasteiger partial charge in [-0.2, -0.15) is 0 Å². The first-order chi connectivity index (χ1) is 13.0. The predicted octanol–water partition coefficient (Wildman–Crippen LogP) is 4.20. The Hall–Kier alpha value is -3.18. The predicted molar refractivity (Wildman–Crippen MR) is 100 cm³/mol. The first-order valence-electron chi connectivity index (χ1n) is 8.53. The smallest absolute Gasteiger partial charge is 0.343 e. The van der Waals surface area contributed by atoms with Crippen molar-refractivity contribution in [2.45, 2.75) is 19.1 Å². The van der Waals surface area contributed by atoms with E-state index in [0.29, 0.717) is 16.9 Å². The average Bonchev–Trinajstić information content (AvgIpc) is 2.70. The molecule has 0 amide bonds. The van der Waals surface area contributed by atoms with Gasteiger partial charge >= 0.3 is 11.9 Å². The Morgan fingerprint density at radius 2 is 1.59 bits per heavy atom. The van der Waals surface area contributed by atoms with Crippen LogP contribution in [0.3, 0.4) is 0 Å². The maximum absolute atomic E-state index is 12.4. The van der Waals surface area contributed by atoms with Crippen LogP contribution >= 0.6 is 0 Å². The van der Waals surface area contributed by atoms with Crippen LogP contribution in [0.15, 0.2) is 78.6 Å². The van der Waals surface area contributed by atoms with Gasteiger partial charge in [-0.1, -0.05) is 35.9 Å². The minimum Gasteiger partial charge on any atom is -0.425 e. The van der Waals surface area contributed by atoms with Gasteiger partial charge in [0, 0.05) is 13.5 Å². The molecule has 0 bridgehead atoms. The summed E-state index contributed by atoms with van der Waals surface area (Å²) < 4.78 is 16.3. The summed E-state index contributed by atoms with van der Waals surface area (Å²) in [5.74, 6) is -1.79. The van der Waals surface area contributed by atoms with Gasteiger partial charge in [0.15, 0.2) is 0 Å². The van der Waals surface area contributed by atoms with E-state index >= 15 is 0 Å². The Kier molecular flexibility index (Phi) is 5.52. The molecule has 5 nitrogen and oxygen atoms in total. The molecule has 0 heterocycles. The molecule has 0 saturated carbocycles. The topological polar surface area (TPSA) is 61.8 Å². The van der Waals surface area contributed by atoms with Gasteiger partial charge in [0.05, 0.1) is 11.1 Å². The van der Waals surface area contributed by atoms with Gasteiger partial charge in [0.2, 0.25) is 5.79 Å². The molecule has 1 aliphatic rings. The molecule has 0 fully saturated rings. The minimum absolute atomic E-state index is 0.231. The molecule has 2 aromatic carbocycles. The molecule has 0 aliphatic heterocycles. The van der Waals surface area contributed by atoms with Crippen LogP contribution in [-0.2, 0) is 14.2 Å². The molecule has 0 saturated heterocycles. The molecule has 3 rings (SSSR count). The maximum atomic E-state index is 12.4. The maximum Gasteiger partial charge on any atom is 0.343 e. The van der Waals surface area contributed by atoms with Crippen LogP contribution in [0, 0.1) is 6.92 Å². The Labute approximate surface area is 157 Å². The molecule has 1 atom stereocenters. The van der Waals surface area contributed by atoms with E-state index in [9.17, 15) is 9.59 Å². The zero-order valence-electron chi connectivity index (χ0n) is 15.2. The number of aryl methyl sites for hydroxylation is 1. The molecule has 0 spiro atoms. The number of esters is 2. The van der Waals surface area contributed by atoms with Crippen LogP contribution < -0.4 is 0 Å². The number of hydrogen-bond acceptors (Lipinski definition) is 5. The largest absolute Gasteiger partial charge is 0.425 e. The van der Waals surface area contributed by atoms with Gasteiger partial charge in [-0.15, -0.1) is 0 Å². The molecule has 5 heteroatoms. The quantitative estimate of drug-likeness (QED) is 0.588. The molecular formula is C22H20O5. The third-order valence-corrected chi connectivity index (χ3v) is 4.21. The molecule has 0 N–H and O–H groups in total. The summed E-state index contributed by atoms with van der Waals surface area (Å²) in [5.41, 5.74) is 1.95. The Morgan fingerprint density at radius 1 is 0.926 bits per heavy atom. The third kappa shape index (κ3) is 4.51. The summed E-state index contributed by atoms with van der Waals surface area (Å²) in [6, 6.07) is 15.8. The van der Waals surface area contributed by atoms with Gasteiger partial charge in [0.1, 0.15) is 5.76 Å². The van der Waals surface area contributed by atoms with Crippen molar-refractivity contribution in [2.75, 3.05) is 7.11 Å². The highest BCUT2D eigenvalue weighted by Gasteiger charge is 2.33. The van der Waals surface area contributed by atoms with Crippen molar-refractivity contribution in [3.63, 3.8) is 0 Å². The van der Waals surface area contributed by atoms with Gasteiger partial charge in [-0.05, 0) is 49.4 Å². The Morgan fingerprint density at radius 3 is 2.19 bits per heavy atom. The average molecular weight is 364 g/mol. The van der Waals surface area contributed by atoms with Crippen molar-refractivity contribution >= 4 is 11.9 Å². The summed E-state index contributed by atoms with van der Waals surface area (Å²) in [5, 5.41) is 0. The van der Waals surface area contributed by atoms with E-state index in [1.54, 1.807) is 54.6 Å². The summed E-state index contributed by atoms with van der Waals surface area (Å²) in [6.07, 6.45) is 5.03. The van der Waals surface area contributed by atoms with Gasteiger partial charge in [-0.3, -0.25) is 0 Å². The van der Waals surface area contributed by atoms with Crippen molar-refractivity contribution in [1.82, 2.24) is 0 Å². The first-order valence-corrected chi connectivity index (χ1v) is 8.53. The fourth-order valence-electron chi connectivity index (χ4n) is 2.58. The van der Waals surface area contributed by atoms with E-state index in [-0.39, 0.29) is 6.42 Å². The van der Waals surface area contributed by atoms with Crippen LogP contribution in [0.25, 0.3) is 0 Å². The Bertz CT molecular complexity index is 881. The van der Waals surface area contributed by atoms with E-state index in [4.69, 9.17) is 14.2 Å². The number of ether oxygens (including phenoxy) is 3. The van der Waals surface area contributed by atoms with E-state index < -0.39 is 17.7 Å². The van der Waals surface area contributed by atoms with Crippen LogP contribution in [0.1, 0.15) is 32.7 Å². The molecule has 138 valence electrons. The van der Waals surface area contributed by atoms with Gasteiger partial charge < -0.3 is 14.2 Å². The molecule has 1 unspecified atom stereocenters. The molecule has 2 aromatic rings. The molecule has 1 aliphatic carbocycles. The SMILES string of the molecule is COC1(OC(=O)c2ccc(C)cc2)C=CC(OC(=O)c2ccccc2)=CC1. The summed E-state index contributed by atoms with van der Waals surface area (Å²) in [7, 11) is 1.46. The van der Waals surface area contributed by atoms with E-state index in [1.807, 2.05) is 25.1 Å². The van der Waals surface area contributed by atoms with Gasteiger partial charge in [0.25, 0.3) is 0 Å². The second-order valence-electron chi connectivity index (χ2n) is 6.17. The lowest BCUT2D eigenvalue weighted by Gasteiger charge is -2.30. The van der Waals surface area contributed by atoms with Crippen molar-refractivity contribution < 1.29 is 23.8 Å². The van der Waals surface area contributed by atoms with Crippen LogP contribution in [0.4, 0.5) is 0 Å². The number of carbonyl (C=O) groups excluding carboxylic acids is 2. The summed E-state index contributed by atoms with van der Waals surface area (Å²) >= 11 is 0. The lowest BCUT2D eigenvalue weighted by Crippen LogP contribution is -2.36. The fourth-order valence-corrected chi connectivity index (χ4v) is 2.58.